The van der Waals surface area contributed by atoms with Gasteiger partial charge in [-0.3, -0.25) is 9.36 Å². The third-order valence-corrected chi connectivity index (χ3v) is 9.83. The van der Waals surface area contributed by atoms with Gasteiger partial charge in [0.25, 0.3) is 5.56 Å². The summed E-state index contributed by atoms with van der Waals surface area (Å²) in [5.74, 6) is 0.903. The number of halogens is 1. The average molecular weight is 541 g/mol. The van der Waals surface area contributed by atoms with Gasteiger partial charge in [0.2, 0.25) is 0 Å². The lowest BCUT2D eigenvalue weighted by atomic mass is 9.77. The first kappa shape index (κ1) is 25.1. The van der Waals surface area contributed by atoms with Gasteiger partial charge in [0.05, 0.1) is 47.4 Å². The van der Waals surface area contributed by atoms with Crippen molar-refractivity contribution in [2.45, 2.75) is 67.6 Å². The Bertz CT molecular complexity index is 1340. The fourth-order valence-corrected chi connectivity index (χ4v) is 7.20. The standard InChI is InChI=1S/C27H33ClN6O2S/c1-18-12-27(16-36-18)7-10-33(11-8-27)22-13-30-23(14-29-22)37-21-6-5-20-24(25(21)28)26(35)34(17-31-20)15-19-4-3-9-32(19)2/h5-6,13-14,17-19H,3-4,7-12,15-16H2,1-2H3/t18-,19?/m0/s1. The lowest BCUT2D eigenvalue weighted by molar-refractivity contribution is 0.0976. The summed E-state index contributed by atoms with van der Waals surface area (Å²) < 4.78 is 7.56. The first-order chi connectivity index (χ1) is 17.9. The van der Waals surface area contributed by atoms with E-state index in [0.717, 1.165) is 74.1 Å². The van der Waals surface area contributed by atoms with Crippen molar-refractivity contribution in [3.05, 3.63) is 46.2 Å². The van der Waals surface area contributed by atoms with Crippen molar-refractivity contribution in [2.75, 3.05) is 38.2 Å². The molecule has 2 aromatic heterocycles. The van der Waals surface area contributed by atoms with Crippen molar-refractivity contribution in [1.29, 1.82) is 0 Å². The Balaban J connectivity index is 1.17. The number of likely N-dealkylation sites (tertiary alicyclic amines) is 1. The van der Waals surface area contributed by atoms with Crippen LogP contribution in [0.4, 0.5) is 5.82 Å². The molecule has 0 amide bonds. The SMILES string of the molecule is C[C@H]1CC2(CCN(c3cnc(Sc4ccc5ncn(CC6CCCN6C)c(=O)c5c4Cl)cn3)CC2)CO1. The summed E-state index contributed by atoms with van der Waals surface area (Å²) in [6.07, 6.45) is 11.3. The molecule has 2 atom stereocenters. The number of nitrogens with zero attached hydrogens (tertiary/aromatic N) is 6. The second kappa shape index (κ2) is 10.2. The highest BCUT2D eigenvalue weighted by molar-refractivity contribution is 7.99. The van der Waals surface area contributed by atoms with Gasteiger partial charge in [-0.2, -0.15) is 0 Å². The largest absolute Gasteiger partial charge is 0.378 e. The molecule has 3 aromatic rings. The molecular formula is C27H33ClN6O2S. The maximum absolute atomic E-state index is 13.3. The summed E-state index contributed by atoms with van der Waals surface area (Å²) in [5, 5.41) is 1.63. The fourth-order valence-electron chi connectivity index (χ4n) is 6.07. The number of anilines is 1. The molecule has 1 unspecified atom stereocenters. The number of piperidine rings is 1. The highest BCUT2D eigenvalue weighted by atomic mass is 35.5. The molecule has 0 saturated carbocycles. The van der Waals surface area contributed by atoms with Gasteiger partial charge in [-0.1, -0.05) is 23.4 Å². The van der Waals surface area contributed by atoms with Crippen molar-refractivity contribution in [2.24, 2.45) is 5.41 Å². The zero-order valence-electron chi connectivity index (χ0n) is 21.4. The highest BCUT2D eigenvalue weighted by Crippen LogP contribution is 2.42. The zero-order valence-corrected chi connectivity index (χ0v) is 23.0. The summed E-state index contributed by atoms with van der Waals surface area (Å²) in [6, 6.07) is 4.11. The van der Waals surface area contributed by atoms with Crippen molar-refractivity contribution < 1.29 is 4.74 Å². The highest BCUT2D eigenvalue weighted by Gasteiger charge is 2.41. The van der Waals surface area contributed by atoms with E-state index in [1.165, 1.54) is 11.8 Å². The lowest BCUT2D eigenvalue weighted by Crippen LogP contribution is -2.41. The molecule has 6 rings (SSSR count). The molecule has 10 heteroatoms. The predicted molar refractivity (Wildman–Crippen MR) is 147 cm³/mol. The molecule has 1 aromatic carbocycles. The number of likely N-dealkylation sites (N-methyl/N-ethyl adjacent to an activating group) is 1. The van der Waals surface area contributed by atoms with Crippen LogP contribution in [0.5, 0.6) is 0 Å². The van der Waals surface area contributed by atoms with Crippen LogP contribution < -0.4 is 10.5 Å². The normalized spacial score (nSPS) is 23.9. The molecule has 0 N–H and O–H groups in total. The van der Waals surface area contributed by atoms with Gasteiger partial charge in [0.15, 0.2) is 0 Å². The average Bonchev–Trinajstić information content (AvgIpc) is 3.48. The van der Waals surface area contributed by atoms with Gasteiger partial charge in [0, 0.05) is 30.6 Å². The monoisotopic (exact) mass is 540 g/mol. The lowest BCUT2D eigenvalue weighted by Gasteiger charge is -2.38. The summed E-state index contributed by atoms with van der Waals surface area (Å²) in [7, 11) is 2.11. The van der Waals surface area contributed by atoms with Crippen LogP contribution in [0.1, 0.15) is 39.0 Å². The van der Waals surface area contributed by atoms with E-state index in [1.54, 1.807) is 17.1 Å². The Hall–Kier alpha value is -2.20. The van der Waals surface area contributed by atoms with E-state index < -0.39 is 0 Å². The van der Waals surface area contributed by atoms with Crippen LogP contribution in [0.25, 0.3) is 10.9 Å². The third-order valence-electron chi connectivity index (χ3n) is 8.35. The Morgan fingerprint density at radius 1 is 1.16 bits per heavy atom. The van der Waals surface area contributed by atoms with Crippen molar-refractivity contribution in [1.82, 2.24) is 24.4 Å². The Kier molecular flexibility index (Phi) is 6.90. The number of ether oxygens (including phenoxy) is 1. The van der Waals surface area contributed by atoms with Gasteiger partial charge in [-0.15, -0.1) is 0 Å². The molecule has 5 heterocycles. The number of hydrogen-bond donors (Lipinski definition) is 0. The smallest absolute Gasteiger partial charge is 0.262 e. The first-order valence-corrected chi connectivity index (χ1v) is 14.3. The first-order valence-electron chi connectivity index (χ1n) is 13.2. The van der Waals surface area contributed by atoms with Gasteiger partial charge < -0.3 is 14.5 Å². The molecule has 0 aliphatic carbocycles. The van der Waals surface area contributed by atoms with Crippen LogP contribution in [0, 0.1) is 5.41 Å². The molecule has 196 valence electrons. The van der Waals surface area contributed by atoms with Gasteiger partial charge in [-0.25, -0.2) is 15.0 Å². The van der Waals surface area contributed by atoms with Crippen LogP contribution >= 0.6 is 23.4 Å². The summed E-state index contributed by atoms with van der Waals surface area (Å²) >= 11 is 8.21. The van der Waals surface area contributed by atoms with E-state index in [-0.39, 0.29) is 5.56 Å². The van der Waals surface area contributed by atoms with Gasteiger partial charge in [0.1, 0.15) is 10.8 Å². The predicted octanol–water partition coefficient (Wildman–Crippen LogP) is 4.48. The molecule has 3 saturated heterocycles. The second-order valence-corrected chi connectivity index (χ2v) is 12.3. The number of fused-ring (bicyclic) bond motifs is 1. The van der Waals surface area contributed by atoms with Crippen LogP contribution in [0.3, 0.4) is 0 Å². The van der Waals surface area contributed by atoms with E-state index in [2.05, 4.69) is 33.7 Å². The quantitative estimate of drug-likeness (QED) is 0.469. The number of aromatic nitrogens is 4. The van der Waals surface area contributed by atoms with Crippen LogP contribution in [-0.2, 0) is 11.3 Å². The van der Waals surface area contributed by atoms with E-state index in [4.69, 9.17) is 21.3 Å². The molecular weight excluding hydrogens is 508 g/mol. The molecule has 0 radical (unpaired) electrons. The van der Waals surface area contributed by atoms with Crippen LogP contribution in [0.15, 0.2) is 45.6 Å². The maximum Gasteiger partial charge on any atom is 0.262 e. The number of benzene rings is 1. The molecule has 0 bridgehead atoms. The molecule has 3 aliphatic heterocycles. The summed E-state index contributed by atoms with van der Waals surface area (Å²) in [6.45, 7) is 6.70. The van der Waals surface area contributed by atoms with Crippen molar-refractivity contribution >= 4 is 40.1 Å². The van der Waals surface area contributed by atoms with E-state index in [9.17, 15) is 4.79 Å². The second-order valence-electron chi connectivity index (χ2n) is 10.9. The van der Waals surface area contributed by atoms with E-state index >= 15 is 0 Å². The minimum atomic E-state index is -0.0934. The maximum atomic E-state index is 13.3. The van der Waals surface area contributed by atoms with Crippen molar-refractivity contribution in [3.63, 3.8) is 0 Å². The molecule has 1 spiro atoms. The molecule has 8 nitrogen and oxygen atoms in total. The van der Waals surface area contributed by atoms with E-state index in [1.807, 2.05) is 18.3 Å². The van der Waals surface area contributed by atoms with E-state index in [0.29, 0.717) is 40.0 Å². The van der Waals surface area contributed by atoms with Gasteiger partial charge in [-0.05, 0) is 70.2 Å². The summed E-state index contributed by atoms with van der Waals surface area (Å²) in [4.78, 5) is 32.6. The molecule has 37 heavy (non-hydrogen) atoms. The van der Waals surface area contributed by atoms with Gasteiger partial charge >= 0.3 is 0 Å². The van der Waals surface area contributed by atoms with Crippen LogP contribution in [0.2, 0.25) is 5.02 Å². The minimum absolute atomic E-state index is 0.0934. The fraction of sp³-hybridized carbons (Fsp3) is 0.556. The molecule has 3 fully saturated rings. The Morgan fingerprint density at radius 3 is 2.68 bits per heavy atom. The number of rotatable bonds is 5. The van der Waals surface area contributed by atoms with Crippen LogP contribution in [-0.4, -0.2) is 69.9 Å². The molecule has 3 aliphatic rings. The van der Waals surface area contributed by atoms with Crippen molar-refractivity contribution in [3.8, 4) is 0 Å². The minimum Gasteiger partial charge on any atom is -0.378 e. The topological polar surface area (TPSA) is 76.4 Å². The third kappa shape index (κ3) is 4.99. The Morgan fingerprint density at radius 2 is 2.00 bits per heavy atom. The Labute approximate surface area is 226 Å². The number of hydrogen-bond acceptors (Lipinski definition) is 8. The zero-order chi connectivity index (χ0) is 25.6. The summed E-state index contributed by atoms with van der Waals surface area (Å²) in [5.41, 5.74) is 0.859.